The summed E-state index contributed by atoms with van der Waals surface area (Å²) in [5.74, 6) is 1.22. The number of hydrogen-bond donors (Lipinski definition) is 2. The number of benzene rings is 1. The number of carbonyl (C=O) groups is 1. The van der Waals surface area contributed by atoms with Gasteiger partial charge in [0, 0.05) is 12.8 Å². The van der Waals surface area contributed by atoms with Gasteiger partial charge in [-0.05, 0) is 18.4 Å². The highest BCUT2D eigenvalue weighted by atomic mass is 32.2. The van der Waals surface area contributed by atoms with Crippen molar-refractivity contribution < 1.29 is 4.79 Å². The van der Waals surface area contributed by atoms with Gasteiger partial charge in [0.25, 0.3) is 5.91 Å². The Kier molecular flexibility index (Phi) is 4.10. The summed E-state index contributed by atoms with van der Waals surface area (Å²) in [5.41, 5.74) is 3.03. The van der Waals surface area contributed by atoms with Crippen molar-refractivity contribution in [2.45, 2.75) is 12.3 Å². The molecule has 0 aliphatic carbocycles. The zero-order valence-electron chi connectivity index (χ0n) is 12.3. The van der Waals surface area contributed by atoms with Crippen LogP contribution < -0.4 is 5.32 Å². The summed E-state index contributed by atoms with van der Waals surface area (Å²) < 4.78 is 1.97. The smallest absolute Gasteiger partial charge is 0.274 e. The van der Waals surface area contributed by atoms with Crippen molar-refractivity contribution in [2.24, 2.45) is 7.05 Å². The molecule has 2 aromatic heterocycles. The van der Waals surface area contributed by atoms with Crippen LogP contribution in [0, 0.1) is 0 Å². The maximum atomic E-state index is 12.2. The van der Waals surface area contributed by atoms with Crippen LogP contribution in [-0.4, -0.2) is 37.1 Å². The summed E-state index contributed by atoms with van der Waals surface area (Å²) in [6.45, 7) is 0.343. The van der Waals surface area contributed by atoms with Crippen molar-refractivity contribution in [3.63, 3.8) is 0 Å². The third-order valence-corrected chi connectivity index (χ3v) is 3.99. The Morgan fingerprint density at radius 1 is 1.41 bits per heavy atom. The number of amides is 1. The molecule has 0 aliphatic heterocycles. The van der Waals surface area contributed by atoms with Gasteiger partial charge in [-0.25, -0.2) is 4.98 Å². The van der Waals surface area contributed by atoms with E-state index in [2.05, 4.69) is 25.7 Å². The van der Waals surface area contributed by atoms with Crippen molar-refractivity contribution in [3.8, 4) is 0 Å². The molecule has 2 heterocycles. The highest BCUT2D eigenvalue weighted by Gasteiger charge is 2.16. The fourth-order valence-corrected chi connectivity index (χ4v) is 2.76. The van der Waals surface area contributed by atoms with Crippen LogP contribution in [0.5, 0.6) is 0 Å². The zero-order chi connectivity index (χ0) is 15.5. The number of fused-ring (bicyclic) bond motifs is 1. The average Bonchev–Trinajstić information content (AvgIpc) is 3.11. The molecular weight excluding hydrogens is 300 g/mol. The monoisotopic (exact) mass is 316 g/mol. The van der Waals surface area contributed by atoms with E-state index in [1.165, 1.54) is 0 Å². The van der Waals surface area contributed by atoms with E-state index in [9.17, 15) is 4.79 Å². The second-order valence-electron chi connectivity index (χ2n) is 4.83. The van der Waals surface area contributed by atoms with Crippen LogP contribution in [0.3, 0.4) is 0 Å². The van der Waals surface area contributed by atoms with Gasteiger partial charge in [0.15, 0.2) is 5.69 Å². The van der Waals surface area contributed by atoms with Crippen LogP contribution in [-0.2, 0) is 19.3 Å². The molecule has 0 saturated carbocycles. The number of aromatic amines is 1. The molecule has 0 aliphatic rings. The summed E-state index contributed by atoms with van der Waals surface area (Å²) in [6.07, 6.45) is 1.96. The van der Waals surface area contributed by atoms with E-state index in [1.54, 1.807) is 11.8 Å². The molecule has 0 saturated heterocycles. The van der Waals surface area contributed by atoms with E-state index in [0.29, 0.717) is 18.0 Å². The number of H-pyrrole nitrogens is 1. The largest absolute Gasteiger partial charge is 0.343 e. The number of para-hydroxylation sites is 2. The van der Waals surface area contributed by atoms with Crippen molar-refractivity contribution in [1.82, 2.24) is 30.3 Å². The standard InChI is InChI=1S/C14H16N6OS/c1-20-11-6-4-3-5-9(11)16-12(20)7-15-14(21)13-10(8-22-2)17-19-18-13/h3-6H,7-8H2,1-2H3,(H,15,21)(H,17,18,19). The number of carbonyl (C=O) groups excluding carboxylic acids is 1. The van der Waals surface area contributed by atoms with E-state index >= 15 is 0 Å². The number of nitrogens with one attached hydrogen (secondary N) is 2. The van der Waals surface area contributed by atoms with Crippen molar-refractivity contribution in [1.29, 1.82) is 0 Å². The van der Waals surface area contributed by atoms with Crippen molar-refractivity contribution in [2.75, 3.05) is 6.26 Å². The lowest BCUT2D eigenvalue weighted by Gasteiger charge is -2.05. The topological polar surface area (TPSA) is 88.5 Å². The molecule has 114 valence electrons. The van der Waals surface area contributed by atoms with Gasteiger partial charge in [-0.15, -0.1) is 5.10 Å². The first-order valence-corrected chi connectivity index (χ1v) is 8.17. The molecule has 22 heavy (non-hydrogen) atoms. The van der Waals surface area contributed by atoms with Gasteiger partial charge >= 0.3 is 0 Å². The Bertz CT molecular complexity index is 809. The van der Waals surface area contributed by atoms with Crippen LogP contribution in [0.25, 0.3) is 11.0 Å². The second kappa shape index (κ2) is 6.18. The van der Waals surface area contributed by atoms with Gasteiger partial charge < -0.3 is 9.88 Å². The quantitative estimate of drug-likeness (QED) is 0.744. The van der Waals surface area contributed by atoms with Crippen LogP contribution in [0.1, 0.15) is 22.0 Å². The molecular formula is C14H16N6OS. The van der Waals surface area contributed by atoms with Gasteiger partial charge in [0.1, 0.15) is 5.82 Å². The number of aryl methyl sites for hydroxylation is 1. The Labute approximate surface area is 131 Å². The number of rotatable bonds is 5. The molecule has 8 heteroatoms. The van der Waals surface area contributed by atoms with Crippen LogP contribution >= 0.6 is 11.8 Å². The average molecular weight is 316 g/mol. The third-order valence-electron chi connectivity index (χ3n) is 3.41. The molecule has 2 N–H and O–H groups in total. The van der Waals surface area contributed by atoms with Gasteiger partial charge in [0.2, 0.25) is 0 Å². The fraction of sp³-hybridized carbons (Fsp3) is 0.286. The maximum Gasteiger partial charge on any atom is 0.274 e. The summed E-state index contributed by atoms with van der Waals surface area (Å²) in [4.78, 5) is 16.7. The van der Waals surface area contributed by atoms with Gasteiger partial charge in [0.05, 0.1) is 23.3 Å². The molecule has 0 unspecified atom stereocenters. The lowest BCUT2D eigenvalue weighted by molar-refractivity contribution is 0.0944. The minimum Gasteiger partial charge on any atom is -0.343 e. The number of thioether (sulfide) groups is 1. The molecule has 0 spiro atoms. The van der Waals surface area contributed by atoms with Crippen LogP contribution in [0.4, 0.5) is 0 Å². The van der Waals surface area contributed by atoms with Crippen molar-refractivity contribution >= 4 is 28.7 Å². The van der Waals surface area contributed by atoms with Gasteiger partial charge in [-0.2, -0.15) is 11.8 Å². The van der Waals surface area contributed by atoms with Crippen molar-refractivity contribution in [3.05, 3.63) is 41.5 Å². The molecule has 1 amide bonds. The number of nitrogens with zero attached hydrogens (tertiary/aromatic N) is 4. The predicted octanol–water partition coefficient (Wildman–Crippen LogP) is 1.48. The summed E-state index contributed by atoms with van der Waals surface area (Å²) in [5, 5.41) is 13.2. The Hall–Kier alpha value is -2.35. The molecule has 1 aromatic carbocycles. The van der Waals surface area contributed by atoms with Crippen LogP contribution in [0.15, 0.2) is 24.3 Å². The number of aromatic nitrogens is 5. The molecule has 3 rings (SSSR count). The molecule has 0 fully saturated rings. The first kappa shape index (κ1) is 14.6. The molecule has 0 bridgehead atoms. The van der Waals surface area contributed by atoms with E-state index in [-0.39, 0.29) is 5.91 Å². The maximum absolute atomic E-state index is 12.2. The summed E-state index contributed by atoms with van der Waals surface area (Å²) >= 11 is 1.60. The first-order chi connectivity index (χ1) is 10.7. The minimum atomic E-state index is -0.246. The first-order valence-electron chi connectivity index (χ1n) is 6.78. The molecule has 3 aromatic rings. The highest BCUT2D eigenvalue weighted by molar-refractivity contribution is 7.97. The summed E-state index contributed by atoms with van der Waals surface area (Å²) in [7, 11) is 1.94. The molecule has 7 nitrogen and oxygen atoms in total. The zero-order valence-corrected chi connectivity index (χ0v) is 13.1. The Morgan fingerprint density at radius 2 is 2.23 bits per heavy atom. The molecule has 0 atom stereocenters. The van der Waals surface area contributed by atoms with Gasteiger partial charge in [-0.1, -0.05) is 17.3 Å². The predicted molar refractivity (Wildman–Crippen MR) is 85.5 cm³/mol. The minimum absolute atomic E-state index is 0.246. The van der Waals surface area contributed by atoms with E-state index in [1.807, 2.05) is 42.1 Å². The summed E-state index contributed by atoms with van der Waals surface area (Å²) in [6, 6.07) is 7.87. The van der Waals surface area contributed by atoms with E-state index < -0.39 is 0 Å². The normalized spacial score (nSPS) is 11.0. The highest BCUT2D eigenvalue weighted by Crippen LogP contribution is 2.14. The fourth-order valence-electron chi connectivity index (χ4n) is 2.27. The Morgan fingerprint density at radius 3 is 3.00 bits per heavy atom. The lowest BCUT2D eigenvalue weighted by atomic mass is 10.3. The SMILES string of the molecule is CSCc1[nH]nnc1C(=O)NCc1nc2ccccc2n1C. The second-order valence-corrected chi connectivity index (χ2v) is 5.70. The lowest BCUT2D eigenvalue weighted by Crippen LogP contribution is -2.25. The van der Waals surface area contributed by atoms with Gasteiger partial charge in [-0.3, -0.25) is 9.89 Å². The van der Waals surface area contributed by atoms with E-state index in [4.69, 9.17) is 0 Å². The number of hydrogen-bond acceptors (Lipinski definition) is 5. The Balaban J connectivity index is 1.75. The van der Waals surface area contributed by atoms with E-state index in [0.717, 1.165) is 22.6 Å². The third kappa shape index (κ3) is 2.69. The number of imidazole rings is 1. The van der Waals surface area contributed by atoms with Crippen LogP contribution in [0.2, 0.25) is 0 Å². The molecule has 0 radical (unpaired) electrons.